The number of carbonyl (C=O) groups is 1. The molecule has 0 fully saturated rings. The Bertz CT molecular complexity index is 890. The molecule has 2 aromatic carbocycles. The van der Waals surface area contributed by atoms with E-state index in [4.69, 9.17) is 4.74 Å². The van der Waals surface area contributed by atoms with E-state index in [1.165, 1.54) is 38.5 Å². The number of rotatable bonds is 5. The molecule has 0 N–H and O–H groups in total. The van der Waals surface area contributed by atoms with Gasteiger partial charge in [-0.3, -0.25) is 4.28 Å². The van der Waals surface area contributed by atoms with Gasteiger partial charge < -0.3 is 9.47 Å². The smallest absolute Gasteiger partial charge is 0.367 e. The second-order valence-electron chi connectivity index (χ2n) is 5.01. The summed E-state index contributed by atoms with van der Waals surface area (Å²) in [7, 11) is -1.55. The van der Waals surface area contributed by atoms with Crippen LogP contribution in [-0.2, 0) is 23.9 Å². The molecule has 0 heterocycles. The number of aryl methyl sites for hydroxylation is 1. The Morgan fingerprint density at radius 2 is 1.62 bits per heavy atom. The van der Waals surface area contributed by atoms with Gasteiger partial charge in [0, 0.05) is 4.90 Å². The molecule has 0 aliphatic carbocycles. The number of hydrogen-bond acceptors (Lipinski definition) is 8. The predicted octanol–water partition coefficient (Wildman–Crippen LogP) is 2.99. The third kappa shape index (κ3) is 5.24. The summed E-state index contributed by atoms with van der Waals surface area (Å²) in [5, 5.41) is 3.25. The first-order valence-electron chi connectivity index (χ1n) is 7.34. The number of benzene rings is 2. The highest BCUT2D eigenvalue weighted by atomic mass is 32.2. The second-order valence-corrected chi connectivity index (χ2v) is 7.60. The first-order valence-corrected chi connectivity index (χ1v) is 9.56. The van der Waals surface area contributed by atoms with Gasteiger partial charge in [0.1, 0.15) is 10.6 Å². The van der Waals surface area contributed by atoms with E-state index in [1.807, 2.05) is 19.1 Å². The van der Waals surface area contributed by atoms with Crippen molar-refractivity contribution in [2.75, 3.05) is 14.2 Å². The van der Waals surface area contributed by atoms with Crippen LogP contribution in [0.1, 0.15) is 5.56 Å². The molecule has 0 aliphatic rings. The Labute approximate surface area is 156 Å². The van der Waals surface area contributed by atoms with Crippen molar-refractivity contribution in [1.82, 2.24) is 0 Å². The fourth-order valence-corrected chi connectivity index (χ4v) is 3.28. The van der Waals surface area contributed by atoms with Crippen LogP contribution < -0.4 is 4.74 Å². The van der Waals surface area contributed by atoms with Crippen molar-refractivity contribution < 1.29 is 27.0 Å². The molecule has 0 radical (unpaired) electrons. The maximum atomic E-state index is 12.2. The molecule has 7 nitrogen and oxygen atoms in total. The molecule has 0 bridgehead atoms. The van der Waals surface area contributed by atoms with E-state index in [0.717, 1.165) is 17.3 Å². The zero-order valence-corrected chi connectivity index (χ0v) is 16.0. The summed E-state index contributed by atoms with van der Waals surface area (Å²) in [5.74, 6) is -0.307. The van der Waals surface area contributed by atoms with E-state index in [2.05, 4.69) is 14.2 Å². The summed E-state index contributed by atoms with van der Waals surface area (Å²) in [5.41, 5.74) is 1.05. The van der Waals surface area contributed by atoms with E-state index in [-0.39, 0.29) is 9.94 Å². The SMILES string of the molecule is COC(=O)/C(=N/OS(=O)(=O)c1ccc(OC)cc1)Sc1ccc(C)cc1. The molecule has 0 saturated heterocycles. The normalized spacial score (nSPS) is 11.7. The van der Waals surface area contributed by atoms with Crippen molar-refractivity contribution in [2.45, 2.75) is 16.7 Å². The van der Waals surface area contributed by atoms with Crippen LogP contribution in [0, 0.1) is 6.92 Å². The molecule has 0 aliphatic heterocycles. The highest BCUT2D eigenvalue weighted by molar-refractivity contribution is 8.15. The van der Waals surface area contributed by atoms with E-state index in [0.29, 0.717) is 10.6 Å². The van der Waals surface area contributed by atoms with Crippen LogP contribution in [-0.4, -0.2) is 33.7 Å². The highest BCUT2D eigenvalue weighted by Crippen LogP contribution is 2.23. The van der Waals surface area contributed by atoms with E-state index in [9.17, 15) is 13.2 Å². The molecule has 2 aromatic rings. The number of thioether (sulfide) groups is 1. The lowest BCUT2D eigenvalue weighted by molar-refractivity contribution is -0.132. The maximum absolute atomic E-state index is 12.2. The molecule has 26 heavy (non-hydrogen) atoms. The van der Waals surface area contributed by atoms with Gasteiger partial charge in [0.25, 0.3) is 0 Å². The van der Waals surface area contributed by atoms with Gasteiger partial charge in [0.05, 0.1) is 14.2 Å². The number of carbonyl (C=O) groups excluding carboxylic acids is 1. The van der Waals surface area contributed by atoms with Gasteiger partial charge in [-0.1, -0.05) is 34.6 Å². The molecule has 0 saturated carbocycles. The van der Waals surface area contributed by atoms with Gasteiger partial charge in [-0.05, 0) is 43.3 Å². The number of nitrogens with zero attached hydrogens (tertiary/aromatic N) is 1. The van der Waals surface area contributed by atoms with Crippen LogP contribution in [0.15, 0.2) is 63.5 Å². The summed E-state index contributed by atoms with van der Waals surface area (Å²) >= 11 is 0.938. The van der Waals surface area contributed by atoms with Gasteiger partial charge in [-0.2, -0.15) is 8.42 Å². The van der Waals surface area contributed by atoms with Gasteiger partial charge in [0.2, 0.25) is 5.04 Å². The second kappa shape index (κ2) is 8.72. The lowest BCUT2D eigenvalue weighted by Gasteiger charge is -2.06. The maximum Gasteiger partial charge on any atom is 0.367 e. The van der Waals surface area contributed by atoms with E-state index in [1.54, 1.807) is 12.1 Å². The van der Waals surface area contributed by atoms with Crippen molar-refractivity contribution in [3.63, 3.8) is 0 Å². The summed E-state index contributed by atoms with van der Waals surface area (Å²) in [6.45, 7) is 1.92. The van der Waals surface area contributed by atoms with E-state index < -0.39 is 16.1 Å². The summed E-state index contributed by atoms with van der Waals surface area (Å²) < 4.78 is 38.7. The molecule has 0 atom stereocenters. The van der Waals surface area contributed by atoms with Crippen LogP contribution in [0.3, 0.4) is 0 Å². The molecule has 0 spiro atoms. The molecule has 0 unspecified atom stereocenters. The fourth-order valence-electron chi connectivity index (χ4n) is 1.77. The molecule has 0 aromatic heterocycles. The van der Waals surface area contributed by atoms with Crippen LogP contribution in [0.25, 0.3) is 0 Å². The third-order valence-corrected chi connectivity index (χ3v) is 5.22. The van der Waals surface area contributed by atoms with Gasteiger partial charge in [-0.15, -0.1) is 0 Å². The van der Waals surface area contributed by atoms with Crippen molar-refractivity contribution in [1.29, 1.82) is 0 Å². The van der Waals surface area contributed by atoms with Crippen LogP contribution in [0.4, 0.5) is 0 Å². The molecular weight excluding hydrogens is 378 g/mol. The first-order chi connectivity index (χ1) is 12.4. The van der Waals surface area contributed by atoms with Crippen LogP contribution >= 0.6 is 11.8 Å². The third-order valence-electron chi connectivity index (χ3n) is 3.16. The van der Waals surface area contributed by atoms with Gasteiger partial charge >= 0.3 is 16.1 Å². The zero-order chi connectivity index (χ0) is 19.2. The van der Waals surface area contributed by atoms with Crippen LogP contribution in [0.5, 0.6) is 5.75 Å². The Morgan fingerprint density at radius 1 is 1.00 bits per heavy atom. The first kappa shape index (κ1) is 19.8. The van der Waals surface area contributed by atoms with Crippen molar-refractivity contribution >= 4 is 32.9 Å². The number of hydrogen-bond donors (Lipinski definition) is 0. The van der Waals surface area contributed by atoms with Crippen molar-refractivity contribution in [2.24, 2.45) is 5.16 Å². The zero-order valence-electron chi connectivity index (χ0n) is 14.3. The number of esters is 1. The minimum Gasteiger partial charge on any atom is -0.497 e. The van der Waals surface area contributed by atoms with Crippen LogP contribution in [0.2, 0.25) is 0 Å². The monoisotopic (exact) mass is 395 g/mol. The molecule has 9 heteroatoms. The van der Waals surface area contributed by atoms with Gasteiger partial charge in [0.15, 0.2) is 0 Å². The molecule has 138 valence electrons. The molecular formula is C17H17NO6S2. The summed E-state index contributed by atoms with van der Waals surface area (Å²) in [6.07, 6.45) is 0. The Balaban J connectivity index is 2.22. The minimum absolute atomic E-state index is 0.119. The van der Waals surface area contributed by atoms with Crippen molar-refractivity contribution in [3.8, 4) is 5.75 Å². The fraction of sp³-hybridized carbons (Fsp3) is 0.176. The Hall–Kier alpha value is -2.52. The molecule has 0 amide bonds. The highest BCUT2D eigenvalue weighted by Gasteiger charge is 2.20. The number of ether oxygens (including phenoxy) is 2. The molecule has 2 rings (SSSR count). The average molecular weight is 395 g/mol. The largest absolute Gasteiger partial charge is 0.497 e. The Kier molecular flexibility index (Phi) is 6.64. The topological polar surface area (TPSA) is 91.3 Å². The predicted molar refractivity (Wildman–Crippen MR) is 97.8 cm³/mol. The summed E-state index contributed by atoms with van der Waals surface area (Å²) in [4.78, 5) is 12.4. The lowest BCUT2D eigenvalue weighted by Crippen LogP contribution is -2.14. The Morgan fingerprint density at radius 3 is 2.15 bits per heavy atom. The van der Waals surface area contributed by atoms with Gasteiger partial charge in [-0.25, -0.2) is 4.79 Å². The quantitative estimate of drug-likeness (QED) is 0.253. The lowest BCUT2D eigenvalue weighted by atomic mass is 10.2. The standard InChI is InChI=1S/C17H17NO6S2/c1-12-4-8-14(9-5-12)25-16(17(19)23-3)18-24-26(20,21)15-10-6-13(22-2)7-11-15/h4-11H,1-3H3/b18-16-. The van der Waals surface area contributed by atoms with Crippen molar-refractivity contribution in [3.05, 3.63) is 54.1 Å². The summed E-state index contributed by atoms with van der Waals surface area (Å²) in [6, 6.07) is 12.8. The number of oxime groups is 1. The van der Waals surface area contributed by atoms with E-state index >= 15 is 0 Å². The number of methoxy groups -OCH3 is 2. The average Bonchev–Trinajstić information content (AvgIpc) is 2.66. The minimum atomic E-state index is -4.19.